The van der Waals surface area contributed by atoms with E-state index < -0.39 is 0 Å². The Labute approximate surface area is 110 Å². The molecule has 19 heavy (non-hydrogen) atoms. The van der Waals surface area contributed by atoms with Gasteiger partial charge in [-0.3, -0.25) is 0 Å². The Bertz CT molecular complexity index is 582. The Morgan fingerprint density at radius 1 is 1.47 bits per heavy atom. The van der Waals surface area contributed by atoms with Crippen molar-refractivity contribution in [1.82, 2.24) is 15.5 Å². The van der Waals surface area contributed by atoms with Crippen LogP contribution in [0.3, 0.4) is 0 Å². The number of benzene rings is 1. The average molecular weight is 261 g/mol. The minimum atomic E-state index is 0.142. The number of phenolic OH excluding ortho intramolecular Hbond substituents is 1. The minimum Gasteiger partial charge on any atom is -0.508 e. The van der Waals surface area contributed by atoms with Gasteiger partial charge in [0.25, 0.3) is 0 Å². The molecule has 1 aromatic heterocycles. The molecule has 2 heterocycles. The third-order valence-electron chi connectivity index (χ3n) is 3.09. The second kappa shape index (κ2) is 4.89. The van der Waals surface area contributed by atoms with E-state index in [2.05, 4.69) is 15.5 Å². The van der Waals surface area contributed by atoms with Crippen LogP contribution in [-0.2, 0) is 6.42 Å². The van der Waals surface area contributed by atoms with Crippen molar-refractivity contribution in [2.45, 2.75) is 19.4 Å². The molecule has 0 saturated carbocycles. The first-order valence-electron chi connectivity index (χ1n) is 6.20. The van der Waals surface area contributed by atoms with Crippen LogP contribution < -0.4 is 10.1 Å². The Kier molecular flexibility index (Phi) is 3.08. The van der Waals surface area contributed by atoms with E-state index in [1.807, 2.05) is 6.07 Å². The lowest BCUT2D eigenvalue weighted by Crippen LogP contribution is -2.25. The summed E-state index contributed by atoms with van der Waals surface area (Å²) in [6, 6.07) is 5.33. The molecule has 1 aliphatic heterocycles. The van der Waals surface area contributed by atoms with Gasteiger partial charge in [0.15, 0.2) is 5.82 Å². The van der Waals surface area contributed by atoms with Crippen molar-refractivity contribution < 1.29 is 14.4 Å². The highest BCUT2D eigenvalue weighted by Crippen LogP contribution is 2.34. The van der Waals surface area contributed by atoms with Crippen LogP contribution >= 0.6 is 0 Å². The first-order valence-corrected chi connectivity index (χ1v) is 6.20. The highest BCUT2D eigenvalue weighted by molar-refractivity contribution is 5.44. The summed E-state index contributed by atoms with van der Waals surface area (Å²) >= 11 is 0. The summed E-state index contributed by atoms with van der Waals surface area (Å²) in [6.07, 6.45) is 0.710. The van der Waals surface area contributed by atoms with Gasteiger partial charge in [-0.15, -0.1) is 0 Å². The van der Waals surface area contributed by atoms with Crippen molar-refractivity contribution in [2.75, 3.05) is 13.2 Å². The summed E-state index contributed by atoms with van der Waals surface area (Å²) in [5.74, 6) is 2.25. The highest BCUT2D eigenvalue weighted by Gasteiger charge is 2.23. The summed E-state index contributed by atoms with van der Waals surface area (Å²) in [5.41, 5.74) is 1.07. The second-order valence-corrected chi connectivity index (χ2v) is 4.52. The molecule has 0 amide bonds. The van der Waals surface area contributed by atoms with Gasteiger partial charge < -0.3 is 19.7 Å². The smallest absolute Gasteiger partial charge is 0.223 e. The molecule has 2 aromatic rings. The van der Waals surface area contributed by atoms with Crippen LogP contribution in [0, 0.1) is 6.92 Å². The van der Waals surface area contributed by atoms with Gasteiger partial charge in [-0.25, -0.2) is 0 Å². The van der Waals surface area contributed by atoms with Crippen LogP contribution in [0.5, 0.6) is 11.5 Å². The zero-order chi connectivity index (χ0) is 13.2. The molecule has 1 unspecified atom stereocenters. The molecule has 6 nitrogen and oxygen atoms in total. The molecule has 100 valence electrons. The zero-order valence-electron chi connectivity index (χ0n) is 10.6. The fraction of sp³-hybridized carbons (Fsp3) is 0.385. The number of aromatic hydroxyl groups is 1. The molecule has 0 saturated heterocycles. The van der Waals surface area contributed by atoms with E-state index in [0.717, 1.165) is 17.9 Å². The van der Waals surface area contributed by atoms with E-state index in [0.29, 0.717) is 24.7 Å². The van der Waals surface area contributed by atoms with Gasteiger partial charge in [0, 0.05) is 31.5 Å². The normalized spacial score (nSPS) is 17.2. The average Bonchev–Trinajstić information content (AvgIpc) is 2.96. The maximum atomic E-state index is 9.38. The van der Waals surface area contributed by atoms with E-state index >= 15 is 0 Å². The number of nitrogens with zero attached hydrogens (tertiary/aromatic N) is 2. The van der Waals surface area contributed by atoms with Gasteiger partial charge in [-0.05, 0) is 12.1 Å². The topological polar surface area (TPSA) is 80.4 Å². The summed E-state index contributed by atoms with van der Waals surface area (Å²) in [5, 5.41) is 16.6. The molecule has 2 N–H and O–H groups in total. The van der Waals surface area contributed by atoms with Crippen molar-refractivity contribution in [3.8, 4) is 11.5 Å². The van der Waals surface area contributed by atoms with Crippen molar-refractivity contribution in [3.05, 3.63) is 35.5 Å². The molecule has 0 radical (unpaired) electrons. The number of hydrogen-bond donors (Lipinski definition) is 2. The largest absolute Gasteiger partial charge is 0.508 e. The lowest BCUT2D eigenvalue weighted by Gasteiger charge is -2.10. The maximum absolute atomic E-state index is 9.38. The number of aryl methyl sites for hydroxylation is 1. The zero-order valence-corrected chi connectivity index (χ0v) is 10.6. The molecule has 0 spiro atoms. The Morgan fingerprint density at radius 3 is 3.16 bits per heavy atom. The van der Waals surface area contributed by atoms with Gasteiger partial charge >= 0.3 is 0 Å². The fourth-order valence-electron chi connectivity index (χ4n) is 2.17. The van der Waals surface area contributed by atoms with E-state index in [9.17, 15) is 5.11 Å². The number of hydrogen-bond acceptors (Lipinski definition) is 6. The van der Waals surface area contributed by atoms with Crippen LogP contribution in [0.15, 0.2) is 22.7 Å². The molecule has 1 aromatic carbocycles. The van der Waals surface area contributed by atoms with Crippen molar-refractivity contribution in [2.24, 2.45) is 0 Å². The third kappa shape index (κ3) is 2.53. The number of aromatic nitrogens is 2. The Morgan fingerprint density at radius 2 is 2.37 bits per heavy atom. The standard InChI is InChI=1S/C13H15N3O3/c1-8-15-13(16-19-8)4-5-14-11-7-18-12-6-9(17)2-3-10(11)12/h2-3,6,11,14,17H,4-5,7H2,1H3. The molecule has 1 atom stereocenters. The predicted molar refractivity (Wildman–Crippen MR) is 67.1 cm³/mol. The van der Waals surface area contributed by atoms with Crippen molar-refractivity contribution in [3.63, 3.8) is 0 Å². The summed E-state index contributed by atoms with van der Waals surface area (Å²) in [7, 11) is 0. The summed E-state index contributed by atoms with van der Waals surface area (Å²) in [4.78, 5) is 4.15. The molecule has 0 bridgehead atoms. The van der Waals surface area contributed by atoms with E-state index in [4.69, 9.17) is 9.26 Å². The lowest BCUT2D eigenvalue weighted by atomic mass is 10.1. The molecule has 0 fully saturated rings. The second-order valence-electron chi connectivity index (χ2n) is 4.52. The van der Waals surface area contributed by atoms with E-state index in [1.165, 1.54) is 0 Å². The van der Waals surface area contributed by atoms with Crippen LogP contribution in [0.4, 0.5) is 0 Å². The predicted octanol–water partition coefficient (Wildman–Crippen LogP) is 1.35. The summed E-state index contributed by atoms with van der Waals surface area (Å²) < 4.78 is 10.4. The number of phenols is 1. The van der Waals surface area contributed by atoms with Crippen LogP contribution in [0.1, 0.15) is 23.3 Å². The van der Waals surface area contributed by atoms with Crippen molar-refractivity contribution in [1.29, 1.82) is 0 Å². The number of ether oxygens (including phenoxy) is 1. The number of fused-ring (bicyclic) bond motifs is 1. The highest BCUT2D eigenvalue weighted by atomic mass is 16.5. The van der Waals surface area contributed by atoms with Crippen LogP contribution in [0.2, 0.25) is 0 Å². The molecule has 6 heteroatoms. The van der Waals surface area contributed by atoms with Gasteiger partial charge in [-0.2, -0.15) is 4.98 Å². The van der Waals surface area contributed by atoms with Gasteiger partial charge in [0.2, 0.25) is 5.89 Å². The maximum Gasteiger partial charge on any atom is 0.223 e. The first-order chi connectivity index (χ1) is 9.22. The Balaban J connectivity index is 1.58. The molecule has 1 aliphatic rings. The monoisotopic (exact) mass is 261 g/mol. The van der Waals surface area contributed by atoms with Crippen molar-refractivity contribution >= 4 is 0 Å². The molecular weight excluding hydrogens is 246 g/mol. The van der Waals surface area contributed by atoms with Crippen LogP contribution in [0.25, 0.3) is 0 Å². The lowest BCUT2D eigenvalue weighted by molar-refractivity contribution is 0.310. The number of rotatable bonds is 4. The fourth-order valence-corrected chi connectivity index (χ4v) is 2.17. The van der Waals surface area contributed by atoms with E-state index in [-0.39, 0.29) is 11.8 Å². The van der Waals surface area contributed by atoms with E-state index in [1.54, 1.807) is 19.1 Å². The molecular formula is C13H15N3O3. The molecule has 3 rings (SSSR count). The van der Waals surface area contributed by atoms with Gasteiger partial charge in [-0.1, -0.05) is 5.16 Å². The minimum absolute atomic E-state index is 0.142. The third-order valence-corrected chi connectivity index (χ3v) is 3.09. The quantitative estimate of drug-likeness (QED) is 0.864. The first kappa shape index (κ1) is 12.0. The van der Waals surface area contributed by atoms with Gasteiger partial charge in [0.05, 0.1) is 6.04 Å². The Hall–Kier alpha value is -2.08. The summed E-state index contributed by atoms with van der Waals surface area (Å²) in [6.45, 7) is 3.09. The van der Waals surface area contributed by atoms with Gasteiger partial charge in [0.1, 0.15) is 18.1 Å². The SMILES string of the molecule is Cc1nc(CCNC2COc3cc(O)ccc32)no1. The number of nitrogens with one attached hydrogen (secondary N) is 1. The molecule has 0 aliphatic carbocycles. The van der Waals surface area contributed by atoms with Crippen LogP contribution in [-0.4, -0.2) is 28.4 Å².